The van der Waals surface area contributed by atoms with Crippen molar-refractivity contribution in [3.63, 3.8) is 0 Å². The van der Waals surface area contributed by atoms with Crippen molar-refractivity contribution in [1.82, 2.24) is 15.1 Å². The predicted octanol–water partition coefficient (Wildman–Crippen LogP) is 2.72. The number of halogens is 1. The van der Waals surface area contributed by atoms with E-state index in [4.69, 9.17) is 21.1 Å². The van der Waals surface area contributed by atoms with E-state index in [1.807, 2.05) is 13.0 Å². The molecule has 1 amide bonds. The van der Waals surface area contributed by atoms with E-state index in [2.05, 4.69) is 10.4 Å². The van der Waals surface area contributed by atoms with Gasteiger partial charge in [0, 0.05) is 24.2 Å². The summed E-state index contributed by atoms with van der Waals surface area (Å²) in [4.78, 5) is 12.5. The summed E-state index contributed by atoms with van der Waals surface area (Å²) in [7, 11) is 3.24. The average molecular weight is 338 g/mol. The number of carbonyl (C=O) groups is 1. The zero-order valence-corrected chi connectivity index (χ0v) is 14.4. The summed E-state index contributed by atoms with van der Waals surface area (Å²) in [5, 5.41) is 7.66. The Morgan fingerprint density at radius 3 is 2.83 bits per heavy atom. The highest BCUT2D eigenvalue weighted by atomic mass is 35.5. The maximum absolute atomic E-state index is 12.5. The van der Waals surface area contributed by atoms with Crippen LogP contribution < -0.4 is 14.8 Å². The molecule has 1 aromatic carbocycles. The number of amides is 1. The summed E-state index contributed by atoms with van der Waals surface area (Å²) in [6.07, 6.45) is 0. The molecule has 0 saturated heterocycles. The van der Waals surface area contributed by atoms with E-state index in [-0.39, 0.29) is 5.91 Å². The lowest BCUT2D eigenvalue weighted by molar-refractivity contribution is 0.0946. The summed E-state index contributed by atoms with van der Waals surface area (Å²) in [6, 6.07) is 5.34. The van der Waals surface area contributed by atoms with Crippen LogP contribution in [0.5, 0.6) is 11.6 Å². The molecule has 2 rings (SSSR count). The molecule has 1 aromatic heterocycles. The van der Waals surface area contributed by atoms with Crippen molar-refractivity contribution in [1.29, 1.82) is 0 Å². The lowest BCUT2D eigenvalue weighted by Crippen LogP contribution is -2.24. The molecule has 0 aliphatic carbocycles. The number of hydrogen-bond acceptors (Lipinski definition) is 4. The number of nitrogens with one attached hydrogen (secondary N) is 1. The molecular weight excluding hydrogens is 318 g/mol. The summed E-state index contributed by atoms with van der Waals surface area (Å²) in [6.45, 7) is 4.51. The Balaban J connectivity index is 2.17. The highest BCUT2D eigenvalue weighted by Crippen LogP contribution is 2.24. The van der Waals surface area contributed by atoms with Crippen molar-refractivity contribution in [2.45, 2.75) is 20.4 Å². The molecule has 0 atom stereocenters. The smallest absolute Gasteiger partial charge is 0.258 e. The maximum atomic E-state index is 12.5. The average Bonchev–Trinajstić information content (AvgIpc) is 2.80. The molecule has 0 aliphatic rings. The molecule has 124 valence electrons. The molecule has 0 aliphatic heterocycles. The molecule has 6 nitrogen and oxygen atoms in total. The number of carbonyl (C=O) groups excluding carboxylic acids is 1. The van der Waals surface area contributed by atoms with Crippen LogP contribution >= 0.6 is 11.6 Å². The molecule has 0 saturated carbocycles. The molecule has 0 fully saturated rings. The first-order chi connectivity index (χ1) is 11.0. The van der Waals surface area contributed by atoms with E-state index < -0.39 is 0 Å². The van der Waals surface area contributed by atoms with Gasteiger partial charge < -0.3 is 14.8 Å². The molecule has 0 radical (unpaired) electrons. The van der Waals surface area contributed by atoms with Crippen molar-refractivity contribution >= 4 is 17.5 Å². The summed E-state index contributed by atoms with van der Waals surface area (Å²) in [5.74, 6) is 0.848. The first kappa shape index (κ1) is 17.1. The first-order valence-electron chi connectivity index (χ1n) is 7.24. The van der Waals surface area contributed by atoms with E-state index in [0.717, 1.165) is 5.56 Å². The van der Waals surface area contributed by atoms with E-state index in [1.54, 1.807) is 26.1 Å². The van der Waals surface area contributed by atoms with Crippen LogP contribution in [-0.2, 0) is 13.6 Å². The molecule has 0 spiro atoms. The molecule has 0 unspecified atom stereocenters. The van der Waals surface area contributed by atoms with E-state index in [0.29, 0.717) is 41.1 Å². The third-order valence-corrected chi connectivity index (χ3v) is 3.59. The zero-order valence-electron chi connectivity index (χ0n) is 13.6. The molecule has 1 heterocycles. The minimum absolute atomic E-state index is 0.246. The summed E-state index contributed by atoms with van der Waals surface area (Å²) in [5.41, 5.74) is 1.90. The number of aryl methyl sites for hydroxylation is 2. The Kier molecular flexibility index (Phi) is 5.50. The van der Waals surface area contributed by atoms with Gasteiger partial charge in [-0.3, -0.25) is 4.79 Å². The quantitative estimate of drug-likeness (QED) is 0.880. The number of rotatable bonds is 6. The highest BCUT2D eigenvalue weighted by Gasteiger charge is 2.21. The van der Waals surface area contributed by atoms with Gasteiger partial charge in [0.1, 0.15) is 11.3 Å². The van der Waals surface area contributed by atoms with Gasteiger partial charge in [0.05, 0.1) is 19.4 Å². The van der Waals surface area contributed by atoms with Crippen LogP contribution in [0.25, 0.3) is 0 Å². The van der Waals surface area contributed by atoms with Crippen LogP contribution in [0.1, 0.15) is 28.5 Å². The Labute approximate surface area is 140 Å². The van der Waals surface area contributed by atoms with Crippen LogP contribution in [-0.4, -0.2) is 29.4 Å². The van der Waals surface area contributed by atoms with Gasteiger partial charge >= 0.3 is 0 Å². The third-order valence-electron chi connectivity index (χ3n) is 3.36. The number of hydrogen-bond donors (Lipinski definition) is 1. The minimum atomic E-state index is -0.246. The standard InChI is InChI=1S/C16H20ClN3O3/c1-5-23-13-8-12(17)7-6-11(13)9-18-15(21)14-10(2)19-20(3)16(14)22-4/h6-8H,5,9H2,1-4H3,(H,18,21). The van der Waals surface area contributed by atoms with Gasteiger partial charge in [-0.2, -0.15) is 5.10 Å². The van der Waals surface area contributed by atoms with Crippen molar-refractivity contribution in [2.75, 3.05) is 13.7 Å². The zero-order chi connectivity index (χ0) is 17.0. The van der Waals surface area contributed by atoms with E-state index in [9.17, 15) is 4.79 Å². The van der Waals surface area contributed by atoms with Gasteiger partial charge in [0.2, 0.25) is 5.88 Å². The van der Waals surface area contributed by atoms with Gasteiger partial charge in [-0.15, -0.1) is 0 Å². The second-order valence-corrected chi connectivity index (χ2v) is 5.40. The van der Waals surface area contributed by atoms with Crippen LogP contribution in [0.3, 0.4) is 0 Å². The van der Waals surface area contributed by atoms with Crippen molar-refractivity contribution in [2.24, 2.45) is 7.05 Å². The predicted molar refractivity (Wildman–Crippen MR) is 88.3 cm³/mol. The number of ether oxygens (including phenoxy) is 2. The Bertz CT molecular complexity index is 713. The van der Waals surface area contributed by atoms with Crippen molar-refractivity contribution < 1.29 is 14.3 Å². The third kappa shape index (κ3) is 3.76. The Morgan fingerprint density at radius 2 is 2.17 bits per heavy atom. The number of methoxy groups -OCH3 is 1. The Hall–Kier alpha value is -2.21. The molecule has 1 N–H and O–H groups in total. The number of benzene rings is 1. The molecular formula is C16H20ClN3O3. The number of nitrogens with zero attached hydrogens (tertiary/aromatic N) is 2. The topological polar surface area (TPSA) is 65.4 Å². The van der Waals surface area contributed by atoms with Crippen LogP contribution in [0, 0.1) is 6.92 Å². The molecule has 0 bridgehead atoms. The van der Waals surface area contributed by atoms with Gasteiger partial charge in [-0.25, -0.2) is 4.68 Å². The molecule has 7 heteroatoms. The fourth-order valence-corrected chi connectivity index (χ4v) is 2.52. The SMILES string of the molecule is CCOc1cc(Cl)ccc1CNC(=O)c1c(C)nn(C)c1OC. The number of aromatic nitrogens is 2. The second kappa shape index (κ2) is 7.37. The van der Waals surface area contributed by atoms with Crippen LogP contribution in [0.2, 0.25) is 5.02 Å². The van der Waals surface area contributed by atoms with Gasteiger partial charge in [-0.05, 0) is 26.0 Å². The highest BCUT2D eigenvalue weighted by molar-refractivity contribution is 6.30. The monoisotopic (exact) mass is 337 g/mol. The van der Waals surface area contributed by atoms with E-state index >= 15 is 0 Å². The lowest BCUT2D eigenvalue weighted by Gasteiger charge is -2.12. The van der Waals surface area contributed by atoms with Gasteiger partial charge in [-0.1, -0.05) is 17.7 Å². The summed E-state index contributed by atoms with van der Waals surface area (Å²) >= 11 is 5.98. The largest absolute Gasteiger partial charge is 0.493 e. The van der Waals surface area contributed by atoms with Crippen LogP contribution in [0.4, 0.5) is 0 Å². The minimum Gasteiger partial charge on any atom is -0.493 e. The lowest BCUT2D eigenvalue weighted by atomic mass is 10.2. The Morgan fingerprint density at radius 1 is 1.43 bits per heavy atom. The first-order valence-corrected chi connectivity index (χ1v) is 7.62. The van der Waals surface area contributed by atoms with Crippen LogP contribution in [0.15, 0.2) is 18.2 Å². The van der Waals surface area contributed by atoms with Gasteiger partial charge in [0.15, 0.2) is 0 Å². The second-order valence-electron chi connectivity index (χ2n) is 4.96. The fourth-order valence-electron chi connectivity index (χ4n) is 2.36. The van der Waals surface area contributed by atoms with Gasteiger partial charge in [0.25, 0.3) is 5.91 Å². The fraction of sp³-hybridized carbons (Fsp3) is 0.375. The summed E-state index contributed by atoms with van der Waals surface area (Å²) < 4.78 is 12.3. The maximum Gasteiger partial charge on any atom is 0.258 e. The van der Waals surface area contributed by atoms with Crippen molar-refractivity contribution in [3.05, 3.63) is 40.0 Å². The normalized spacial score (nSPS) is 10.5. The molecule has 2 aromatic rings. The van der Waals surface area contributed by atoms with Crippen molar-refractivity contribution in [3.8, 4) is 11.6 Å². The molecule has 23 heavy (non-hydrogen) atoms. The van der Waals surface area contributed by atoms with E-state index in [1.165, 1.54) is 11.8 Å².